The second-order valence-corrected chi connectivity index (χ2v) is 5.06. The number of carbonyl (C=O) groups excluding carboxylic acids is 1. The van der Waals surface area contributed by atoms with Crippen molar-refractivity contribution in [3.8, 4) is 5.75 Å². The van der Waals surface area contributed by atoms with Crippen molar-refractivity contribution in [2.45, 2.75) is 25.9 Å². The SMILES string of the molecule is CC(NC(=O)Cn1cc([N+](=O)[O-])cn1)c1ccc(OC(F)(F)F)cc1. The number of amides is 1. The Morgan fingerprint density at radius 2 is 2.04 bits per heavy atom. The van der Waals surface area contributed by atoms with Crippen LogP contribution in [0.25, 0.3) is 0 Å². The maximum atomic E-state index is 12.1. The summed E-state index contributed by atoms with van der Waals surface area (Å²) < 4.78 is 41.2. The summed E-state index contributed by atoms with van der Waals surface area (Å²) in [6, 6.07) is 4.58. The maximum Gasteiger partial charge on any atom is 0.573 e. The highest BCUT2D eigenvalue weighted by atomic mass is 19.4. The maximum absolute atomic E-state index is 12.1. The van der Waals surface area contributed by atoms with Gasteiger partial charge in [-0.05, 0) is 24.6 Å². The van der Waals surface area contributed by atoms with Gasteiger partial charge in [0, 0.05) is 0 Å². The van der Waals surface area contributed by atoms with E-state index in [2.05, 4.69) is 15.2 Å². The highest BCUT2D eigenvalue weighted by Crippen LogP contribution is 2.24. The first-order valence-corrected chi connectivity index (χ1v) is 6.96. The van der Waals surface area contributed by atoms with Crippen molar-refractivity contribution in [2.24, 2.45) is 0 Å². The largest absolute Gasteiger partial charge is 0.573 e. The summed E-state index contributed by atoms with van der Waals surface area (Å²) in [6.07, 6.45) is -2.63. The summed E-state index contributed by atoms with van der Waals surface area (Å²) >= 11 is 0. The van der Waals surface area contributed by atoms with Crippen molar-refractivity contribution < 1.29 is 27.6 Å². The zero-order valence-electron chi connectivity index (χ0n) is 12.9. The first-order chi connectivity index (χ1) is 11.6. The molecule has 0 aliphatic rings. The molecule has 1 amide bonds. The molecule has 1 aromatic carbocycles. The molecule has 25 heavy (non-hydrogen) atoms. The number of rotatable bonds is 6. The number of ether oxygens (including phenoxy) is 1. The monoisotopic (exact) mass is 358 g/mol. The Morgan fingerprint density at radius 3 is 2.56 bits per heavy atom. The van der Waals surface area contributed by atoms with E-state index in [0.29, 0.717) is 5.56 Å². The highest BCUT2D eigenvalue weighted by molar-refractivity contribution is 5.76. The molecule has 0 aliphatic carbocycles. The lowest BCUT2D eigenvalue weighted by Gasteiger charge is -2.15. The molecule has 2 aromatic rings. The van der Waals surface area contributed by atoms with E-state index in [9.17, 15) is 28.1 Å². The lowest BCUT2D eigenvalue weighted by molar-refractivity contribution is -0.385. The third kappa shape index (κ3) is 5.48. The fourth-order valence-corrected chi connectivity index (χ4v) is 2.01. The molecule has 0 radical (unpaired) electrons. The van der Waals surface area contributed by atoms with Gasteiger partial charge in [-0.1, -0.05) is 12.1 Å². The predicted octanol–water partition coefficient (Wildman–Crippen LogP) is 2.57. The molecule has 1 aromatic heterocycles. The normalized spacial score (nSPS) is 12.5. The predicted molar refractivity (Wildman–Crippen MR) is 78.6 cm³/mol. The number of alkyl halides is 3. The fourth-order valence-electron chi connectivity index (χ4n) is 2.01. The van der Waals surface area contributed by atoms with Gasteiger partial charge >= 0.3 is 12.0 Å². The molecule has 8 nitrogen and oxygen atoms in total. The first-order valence-electron chi connectivity index (χ1n) is 6.96. The summed E-state index contributed by atoms with van der Waals surface area (Å²) in [5, 5.41) is 16.9. The molecule has 0 fully saturated rings. The van der Waals surface area contributed by atoms with Gasteiger partial charge in [0.15, 0.2) is 0 Å². The second kappa shape index (κ2) is 7.20. The Bertz CT molecular complexity index is 758. The number of halogens is 3. The van der Waals surface area contributed by atoms with Crippen molar-refractivity contribution in [1.82, 2.24) is 15.1 Å². The molecule has 1 unspecified atom stereocenters. The van der Waals surface area contributed by atoms with Crippen LogP contribution in [-0.2, 0) is 11.3 Å². The Balaban J connectivity index is 1.92. The van der Waals surface area contributed by atoms with E-state index < -0.39 is 23.2 Å². The minimum atomic E-state index is -4.77. The minimum Gasteiger partial charge on any atom is -0.406 e. The van der Waals surface area contributed by atoms with Gasteiger partial charge in [-0.3, -0.25) is 19.6 Å². The van der Waals surface area contributed by atoms with Crippen LogP contribution in [0.4, 0.5) is 18.9 Å². The van der Waals surface area contributed by atoms with Crippen LogP contribution in [-0.4, -0.2) is 27.0 Å². The van der Waals surface area contributed by atoms with Gasteiger partial charge < -0.3 is 10.1 Å². The summed E-state index contributed by atoms with van der Waals surface area (Å²) in [4.78, 5) is 21.8. The summed E-state index contributed by atoms with van der Waals surface area (Å²) in [6.45, 7) is 1.41. The number of hydrogen-bond acceptors (Lipinski definition) is 5. The molecular weight excluding hydrogens is 345 g/mol. The molecule has 1 atom stereocenters. The molecule has 1 N–H and O–H groups in total. The summed E-state index contributed by atoms with van der Waals surface area (Å²) in [7, 11) is 0. The van der Waals surface area contributed by atoms with E-state index >= 15 is 0 Å². The van der Waals surface area contributed by atoms with Crippen LogP contribution in [0.2, 0.25) is 0 Å². The van der Waals surface area contributed by atoms with Crippen molar-refractivity contribution in [2.75, 3.05) is 0 Å². The van der Waals surface area contributed by atoms with Crippen LogP contribution < -0.4 is 10.1 Å². The van der Waals surface area contributed by atoms with Gasteiger partial charge in [-0.2, -0.15) is 5.10 Å². The van der Waals surface area contributed by atoms with Gasteiger partial charge in [0.2, 0.25) is 5.91 Å². The third-order valence-corrected chi connectivity index (χ3v) is 3.13. The lowest BCUT2D eigenvalue weighted by Crippen LogP contribution is -2.30. The number of nitro groups is 1. The van der Waals surface area contributed by atoms with Crippen molar-refractivity contribution in [3.05, 3.63) is 52.3 Å². The number of nitrogens with zero attached hydrogens (tertiary/aromatic N) is 3. The Hall–Kier alpha value is -3.11. The van der Waals surface area contributed by atoms with Gasteiger partial charge in [0.25, 0.3) is 0 Å². The van der Waals surface area contributed by atoms with Gasteiger partial charge in [-0.25, -0.2) is 0 Å². The Labute approximate surface area is 139 Å². The average molecular weight is 358 g/mol. The van der Waals surface area contributed by atoms with Crippen molar-refractivity contribution in [3.63, 3.8) is 0 Å². The summed E-state index contributed by atoms with van der Waals surface area (Å²) in [5.74, 6) is -0.820. The van der Waals surface area contributed by atoms with Crippen LogP contribution in [0.3, 0.4) is 0 Å². The molecule has 134 valence electrons. The molecule has 0 aliphatic heterocycles. The molecule has 2 rings (SSSR count). The highest BCUT2D eigenvalue weighted by Gasteiger charge is 2.31. The third-order valence-electron chi connectivity index (χ3n) is 3.13. The van der Waals surface area contributed by atoms with Crippen molar-refractivity contribution >= 4 is 11.6 Å². The van der Waals surface area contributed by atoms with Gasteiger partial charge in [0.05, 0.1) is 11.0 Å². The number of hydrogen-bond donors (Lipinski definition) is 1. The van der Waals surface area contributed by atoms with E-state index in [1.807, 2.05) is 0 Å². The van der Waals surface area contributed by atoms with Crippen LogP contribution >= 0.6 is 0 Å². The standard InChI is InChI=1S/C14H13F3N4O4/c1-9(10-2-4-12(5-3-10)25-14(15,16)17)19-13(22)8-20-7-11(6-18-20)21(23)24/h2-7,9H,8H2,1H3,(H,19,22). The zero-order valence-corrected chi connectivity index (χ0v) is 12.9. The zero-order chi connectivity index (χ0) is 18.6. The number of benzene rings is 1. The van der Waals surface area contributed by atoms with E-state index in [4.69, 9.17) is 0 Å². The van der Waals surface area contributed by atoms with Gasteiger partial charge in [0.1, 0.15) is 24.7 Å². The van der Waals surface area contributed by atoms with Gasteiger partial charge in [-0.15, -0.1) is 13.2 Å². The number of nitrogens with one attached hydrogen (secondary N) is 1. The van der Waals surface area contributed by atoms with Crippen LogP contribution in [0.1, 0.15) is 18.5 Å². The molecular formula is C14H13F3N4O4. The summed E-state index contributed by atoms with van der Waals surface area (Å²) in [5.41, 5.74) is 0.329. The number of carbonyl (C=O) groups is 1. The van der Waals surface area contributed by atoms with E-state index in [0.717, 1.165) is 29.2 Å². The molecule has 0 spiro atoms. The van der Waals surface area contributed by atoms with Crippen LogP contribution in [0.5, 0.6) is 5.75 Å². The van der Waals surface area contributed by atoms with Crippen LogP contribution in [0.15, 0.2) is 36.7 Å². The minimum absolute atomic E-state index is 0.229. The van der Waals surface area contributed by atoms with Crippen LogP contribution in [0, 0.1) is 10.1 Å². The lowest BCUT2D eigenvalue weighted by atomic mass is 10.1. The Kier molecular flexibility index (Phi) is 5.25. The number of aromatic nitrogens is 2. The molecule has 1 heterocycles. The molecule has 0 saturated heterocycles. The molecule has 0 bridgehead atoms. The quantitative estimate of drug-likeness (QED) is 0.632. The smallest absolute Gasteiger partial charge is 0.406 e. The van der Waals surface area contributed by atoms with E-state index in [1.165, 1.54) is 12.1 Å². The first kappa shape index (κ1) is 18.2. The topological polar surface area (TPSA) is 99.3 Å². The average Bonchev–Trinajstić information content (AvgIpc) is 2.94. The van der Waals surface area contributed by atoms with E-state index in [1.54, 1.807) is 6.92 Å². The molecule has 0 saturated carbocycles. The fraction of sp³-hybridized carbons (Fsp3) is 0.286. The molecule has 11 heteroatoms. The van der Waals surface area contributed by atoms with Crippen molar-refractivity contribution in [1.29, 1.82) is 0 Å². The van der Waals surface area contributed by atoms with E-state index in [-0.39, 0.29) is 18.0 Å². The second-order valence-electron chi connectivity index (χ2n) is 5.06. The Morgan fingerprint density at radius 1 is 1.40 bits per heavy atom.